The summed E-state index contributed by atoms with van der Waals surface area (Å²) in [5.74, 6) is 1.07. The second-order valence-electron chi connectivity index (χ2n) is 4.30. The summed E-state index contributed by atoms with van der Waals surface area (Å²) < 4.78 is 6.29. The second-order valence-corrected chi connectivity index (χ2v) is 5.21. The monoisotopic (exact) mass is 309 g/mol. The van der Waals surface area contributed by atoms with Crippen molar-refractivity contribution < 1.29 is 4.52 Å². The van der Waals surface area contributed by atoms with E-state index in [1.807, 2.05) is 38.1 Å². The van der Waals surface area contributed by atoms with Crippen LogP contribution in [0.25, 0.3) is 11.4 Å². The van der Waals surface area contributed by atoms with Crippen LogP contribution in [0.2, 0.25) is 0 Å². The van der Waals surface area contributed by atoms with Crippen LogP contribution >= 0.6 is 15.9 Å². The molecule has 18 heavy (non-hydrogen) atoms. The SMILES string of the molecule is CCC(N)(CC)c1nc(-c2cccc(Br)c2)no1. The molecule has 1 aromatic carbocycles. The summed E-state index contributed by atoms with van der Waals surface area (Å²) in [5, 5.41) is 4.00. The van der Waals surface area contributed by atoms with Crippen molar-refractivity contribution in [1.29, 1.82) is 0 Å². The highest BCUT2D eigenvalue weighted by Gasteiger charge is 2.30. The number of hydrogen-bond donors (Lipinski definition) is 1. The molecule has 0 radical (unpaired) electrons. The number of nitrogens with zero attached hydrogens (tertiary/aromatic N) is 2. The smallest absolute Gasteiger partial charge is 0.247 e. The Bertz CT molecular complexity index is 535. The number of hydrogen-bond acceptors (Lipinski definition) is 4. The van der Waals surface area contributed by atoms with Crippen LogP contribution in [0.3, 0.4) is 0 Å². The Kier molecular flexibility index (Phi) is 3.82. The van der Waals surface area contributed by atoms with E-state index in [-0.39, 0.29) is 0 Å². The highest BCUT2D eigenvalue weighted by atomic mass is 79.9. The molecule has 0 unspecified atom stereocenters. The highest BCUT2D eigenvalue weighted by Crippen LogP contribution is 2.27. The van der Waals surface area contributed by atoms with Crippen LogP contribution in [-0.4, -0.2) is 10.1 Å². The van der Waals surface area contributed by atoms with Gasteiger partial charge < -0.3 is 10.3 Å². The van der Waals surface area contributed by atoms with Gasteiger partial charge in [0.25, 0.3) is 0 Å². The maximum atomic E-state index is 6.23. The van der Waals surface area contributed by atoms with Gasteiger partial charge in [-0.25, -0.2) is 0 Å². The van der Waals surface area contributed by atoms with Gasteiger partial charge in [0.05, 0.1) is 5.54 Å². The molecule has 0 fully saturated rings. The van der Waals surface area contributed by atoms with Crippen molar-refractivity contribution in [3.63, 3.8) is 0 Å². The Hall–Kier alpha value is -1.20. The molecular formula is C13H16BrN3O. The molecule has 96 valence electrons. The lowest BCUT2D eigenvalue weighted by Crippen LogP contribution is -2.35. The van der Waals surface area contributed by atoms with Crippen LogP contribution in [-0.2, 0) is 5.54 Å². The first-order chi connectivity index (χ1) is 8.59. The Morgan fingerprint density at radius 3 is 2.67 bits per heavy atom. The standard InChI is InChI=1S/C13H16BrN3O/c1-3-13(15,4-2)12-16-11(17-18-12)9-6-5-7-10(14)8-9/h5-8H,3-4,15H2,1-2H3. The van der Waals surface area contributed by atoms with Crippen molar-refractivity contribution in [2.24, 2.45) is 5.73 Å². The Morgan fingerprint density at radius 2 is 2.06 bits per heavy atom. The second kappa shape index (κ2) is 5.20. The van der Waals surface area contributed by atoms with Gasteiger partial charge in [-0.3, -0.25) is 0 Å². The number of rotatable bonds is 4. The van der Waals surface area contributed by atoms with Crippen molar-refractivity contribution in [3.8, 4) is 11.4 Å². The fourth-order valence-corrected chi connectivity index (χ4v) is 2.12. The Balaban J connectivity index is 2.36. The predicted molar refractivity (Wildman–Crippen MR) is 73.9 cm³/mol. The quantitative estimate of drug-likeness (QED) is 0.939. The summed E-state index contributed by atoms with van der Waals surface area (Å²) in [4.78, 5) is 4.41. The van der Waals surface area contributed by atoms with Gasteiger partial charge in [-0.1, -0.05) is 47.1 Å². The molecule has 0 bridgehead atoms. The van der Waals surface area contributed by atoms with E-state index in [0.717, 1.165) is 22.9 Å². The minimum Gasteiger partial charge on any atom is -0.337 e. The first-order valence-corrected chi connectivity index (χ1v) is 6.77. The average Bonchev–Trinajstić information content (AvgIpc) is 2.88. The summed E-state index contributed by atoms with van der Waals surface area (Å²) in [6, 6.07) is 7.78. The Morgan fingerprint density at radius 1 is 1.33 bits per heavy atom. The van der Waals surface area contributed by atoms with E-state index in [0.29, 0.717) is 11.7 Å². The topological polar surface area (TPSA) is 64.9 Å². The molecule has 2 N–H and O–H groups in total. The third kappa shape index (κ3) is 2.47. The fraction of sp³-hybridized carbons (Fsp3) is 0.385. The van der Waals surface area contributed by atoms with Crippen molar-refractivity contribution in [1.82, 2.24) is 10.1 Å². The van der Waals surface area contributed by atoms with E-state index in [9.17, 15) is 0 Å². The molecule has 0 aliphatic heterocycles. The first-order valence-electron chi connectivity index (χ1n) is 5.98. The van der Waals surface area contributed by atoms with Gasteiger partial charge >= 0.3 is 0 Å². The summed E-state index contributed by atoms with van der Waals surface area (Å²) in [6.07, 6.45) is 1.53. The molecule has 0 atom stereocenters. The van der Waals surface area contributed by atoms with Crippen LogP contribution < -0.4 is 5.73 Å². The number of halogens is 1. The molecule has 2 rings (SSSR count). The molecule has 2 aromatic rings. The molecule has 0 saturated carbocycles. The van der Waals surface area contributed by atoms with E-state index in [1.54, 1.807) is 0 Å². The minimum atomic E-state index is -0.530. The maximum Gasteiger partial charge on any atom is 0.247 e. The third-order valence-corrected chi connectivity index (χ3v) is 3.69. The zero-order chi connectivity index (χ0) is 13.2. The predicted octanol–water partition coefficient (Wildman–Crippen LogP) is 3.47. The number of aromatic nitrogens is 2. The highest BCUT2D eigenvalue weighted by molar-refractivity contribution is 9.10. The molecule has 5 heteroatoms. The Labute approximate surface area is 115 Å². The van der Waals surface area contributed by atoms with E-state index in [4.69, 9.17) is 10.3 Å². The van der Waals surface area contributed by atoms with Crippen LogP contribution in [0.15, 0.2) is 33.3 Å². The molecular weight excluding hydrogens is 294 g/mol. The molecule has 0 aliphatic rings. The summed E-state index contributed by atoms with van der Waals surface area (Å²) in [7, 11) is 0. The molecule has 0 saturated heterocycles. The zero-order valence-electron chi connectivity index (χ0n) is 10.5. The normalized spacial score (nSPS) is 11.8. The van der Waals surface area contributed by atoms with Crippen LogP contribution in [0, 0.1) is 0 Å². The summed E-state index contributed by atoms with van der Waals surface area (Å²) >= 11 is 3.42. The van der Waals surface area contributed by atoms with Gasteiger partial charge in [0.15, 0.2) is 0 Å². The van der Waals surface area contributed by atoms with Crippen molar-refractivity contribution in [2.45, 2.75) is 32.2 Å². The maximum absolute atomic E-state index is 6.23. The molecule has 0 spiro atoms. The molecule has 4 nitrogen and oxygen atoms in total. The lowest BCUT2D eigenvalue weighted by molar-refractivity contribution is 0.268. The average molecular weight is 310 g/mol. The number of benzene rings is 1. The van der Waals surface area contributed by atoms with Gasteiger partial charge in [-0.2, -0.15) is 4.98 Å². The van der Waals surface area contributed by atoms with Gasteiger partial charge in [-0.05, 0) is 25.0 Å². The molecule has 1 aromatic heterocycles. The van der Waals surface area contributed by atoms with Crippen LogP contribution in [0.4, 0.5) is 0 Å². The summed E-state index contributed by atoms with van der Waals surface area (Å²) in [5.41, 5.74) is 6.61. The fourth-order valence-electron chi connectivity index (χ4n) is 1.72. The van der Waals surface area contributed by atoms with Crippen LogP contribution in [0.1, 0.15) is 32.6 Å². The minimum absolute atomic E-state index is 0.502. The van der Waals surface area contributed by atoms with Crippen molar-refractivity contribution in [2.75, 3.05) is 0 Å². The van der Waals surface area contributed by atoms with Crippen molar-refractivity contribution >= 4 is 15.9 Å². The molecule has 0 amide bonds. The summed E-state index contributed by atoms with van der Waals surface area (Å²) in [6.45, 7) is 4.04. The third-order valence-electron chi connectivity index (χ3n) is 3.20. The van der Waals surface area contributed by atoms with Crippen LogP contribution in [0.5, 0.6) is 0 Å². The van der Waals surface area contributed by atoms with Crippen molar-refractivity contribution in [3.05, 3.63) is 34.6 Å². The van der Waals surface area contributed by atoms with E-state index < -0.39 is 5.54 Å². The van der Waals surface area contributed by atoms with E-state index in [2.05, 4.69) is 26.1 Å². The lowest BCUT2D eigenvalue weighted by atomic mass is 9.94. The van der Waals surface area contributed by atoms with E-state index >= 15 is 0 Å². The van der Waals surface area contributed by atoms with Gasteiger partial charge in [0.2, 0.25) is 11.7 Å². The molecule has 1 heterocycles. The van der Waals surface area contributed by atoms with Gasteiger partial charge in [0, 0.05) is 10.0 Å². The largest absolute Gasteiger partial charge is 0.337 e. The van der Waals surface area contributed by atoms with E-state index in [1.165, 1.54) is 0 Å². The first kappa shape index (κ1) is 13.2. The molecule has 0 aliphatic carbocycles. The zero-order valence-corrected chi connectivity index (χ0v) is 12.1. The van der Waals surface area contributed by atoms with Gasteiger partial charge in [-0.15, -0.1) is 0 Å². The van der Waals surface area contributed by atoms with Gasteiger partial charge in [0.1, 0.15) is 0 Å². The number of nitrogens with two attached hydrogens (primary N) is 1. The lowest BCUT2D eigenvalue weighted by Gasteiger charge is -2.20.